The van der Waals surface area contributed by atoms with Gasteiger partial charge in [-0.15, -0.1) is 0 Å². The zero-order valence-corrected chi connectivity index (χ0v) is 9.19. The van der Waals surface area contributed by atoms with Crippen LogP contribution >= 0.6 is 0 Å². The molecule has 0 saturated carbocycles. The number of unbranched alkanes of at least 4 members (excludes halogenated alkanes) is 1. The Balaban J connectivity index is 2.90. The molecule has 0 heterocycles. The van der Waals surface area contributed by atoms with Crippen molar-refractivity contribution >= 4 is 0 Å². The van der Waals surface area contributed by atoms with Gasteiger partial charge in [0.25, 0.3) is 0 Å². The number of hydrogen-bond donors (Lipinski definition) is 1. The molecule has 1 aromatic carbocycles. The van der Waals surface area contributed by atoms with Crippen molar-refractivity contribution in [1.82, 2.24) is 5.32 Å². The molecule has 1 unspecified atom stereocenters. The zero-order valence-electron chi connectivity index (χ0n) is 9.19. The van der Waals surface area contributed by atoms with Gasteiger partial charge in [-0.25, -0.2) is 8.78 Å². The molecule has 0 saturated heterocycles. The van der Waals surface area contributed by atoms with Crippen molar-refractivity contribution in [2.45, 2.75) is 32.2 Å². The van der Waals surface area contributed by atoms with Crippen molar-refractivity contribution in [3.05, 3.63) is 35.4 Å². The molecule has 0 aliphatic rings. The summed E-state index contributed by atoms with van der Waals surface area (Å²) in [6.07, 6.45) is 2.73. The van der Waals surface area contributed by atoms with Gasteiger partial charge in [0.05, 0.1) is 0 Å². The van der Waals surface area contributed by atoms with E-state index in [0.717, 1.165) is 19.3 Å². The second-order valence-corrected chi connectivity index (χ2v) is 3.62. The summed E-state index contributed by atoms with van der Waals surface area (Å²) < 4.78 is 26.9. The van der Waals surface area contributed by atoms with Gasteiger partial charge < -0.3 is 5.32 Å². The molecule has 0 bridgehead atoms. The first-order valence-electron chi connectivity index (χ1n) is 5.31. The smallest absolute Gasteiger partial charge is 0.130 e. The molecule has 1 rings (SSSR count). The maximum atomic E-state index is 13.4. The Morgan fingerprint density at radius 3 is 2.33 bits per heavy atom. The Kier molecular flexibility index (Phi) is 4.69. The Bertz CT molecular complexity index is 292. The van der Waals surface area contributed by atoms with Gasteiger partial charge in [-0.1, -0.05) is 25.8 Å². The lowest BCUT2D eigenvalue weighted by Crippen LogP contribution is -2.19. The molecule has 15 heavy (non-hydrogen) atoms. The van der Waals surface area contributed by atoms with Crippen LogP contribution in [0.25, 0.3) is 0 Å². The van der Waals surface area contributed by atoms with Crippen molar-refractivity contribution in [3.8, 4) is 0 Å². The second kappa shape index (κ2) is 5.81. The van der Waals surface area contributed by atoms with Crippen LogP contribution in [-0.4, -0.2) is 7.05 Å². The topological polar surface area (TPSA) is 12.0 Å². The summed E-state index contributed by atoms with van der Waals surface area (Å²) in [5.41, 5.74) is 0.161. The first-order valence-corrected chi connectivity index (χ1v) is 5.31. The Hall–Kier alpha value is -0.960. The van der Waals surface area contributed by atoms with E-state index in [4.69, 9.17) is 0 Å². The molecule has 0 aliphatic heterocycles. The molecule has 0 amide bonds. The fraction of sp³-hybridized carbons (Fsp3) is 0.500. The quantitative estimate of drug-likeness (QED) is 0.790. The monoisotopic (exact) mass is 213 g/mol. The fourth-order valence-corrected chi connectivity index (χ4v) is 1.68. The van der Waals surface area contributed by atoms with Gasteiger partial charge >= 0.3 is 0 Å². The third-order valence-corrected chi connectivity index (χ3v) is 2.54. The summed E-state index contributed by atoms with van der Waals surface area (Å²) in [5.74, 6) is -0.934. The molecule has 1 N–H and O–H groups in total. The predicted octanol–water partition coefficient (Wildman–Crippen LogP) is 3.42. The lowest BCUT2D eigenvalue weighted by molar-refractivity contribution is 0.460. The minimum absolute atomic E-state index is 0.161. The molecular formula is C12H17F2N. The molecule has 0 fully saturated rings. The van der Waals surface area contributed by atoms with E-state index in [1.165, 1.54) is 18.2 Å². The van der Waals surface area contributed by atoms with Gasteiger partial charge in [-0.05, 0) is 25.6 Å². The van der Waals surface area contributed by atoms with Crippen molar-refractivity contribution in [1.29, 1.82) is 0 Å². The van der Waals surface area contributed by atoms with Crippen LogP contribution < -0.4 is 5.32 Å². The Labute approximate surface area is 89.5 Å². The number of halogens is 2. The number of rotatable bonds is 5. The van der Waals surface area contributed by atoms with Crippen LogP contribution in [0.15, 0.2) is 18.2 Å². The molecule has 0 aliphatic carbocycles. The maximum Gasteiger partial charge on any atom is 0.130 e. The van der Waals surface area contributed by atoms with E-state index in [1.54, 1.807) is 7.05 Å². The minimum atomic E-state index is -0.467. The molecule has 1 atom stereocenters. The Morgan fingerprint density at radius 2 is 1.87 bits per heavy atom. The average molecular weight is 213 g/mol. The van der Waals surface area contributed by atoms with Crippen LogP contribution in [0.4, 0.5) is 8.78 Å². The highest BCUT2D eigenvalue weighted by Crippen LogP contribution is 2.24. The SMILES string of the molecule is CCCCC(NC)c1c(F)cccc1F. The van der Waals surface area contributed by atoms with Crippen molar-refractivity contribution in [2.24, 2.45) is 0 Å². The van der Waals surface area contributed by atoms with Gasteiger partial charge in [-0.2, -0.15) is 0 Å². The normalized spacial score (nSPS) is 12.8. The van der Waals surface area contributed by atoms with Crippen molar-refractivity contribution in [3.63, 3.8) is 0 Å². The summed E-state index contributed by atoms with van der Waals surface area (Å²) in [4.78, 5) is 0. The van der Waals surface area contributed by atoms with Gasteiger partial charge in [-0.3, -0.25) is 0 Å². The van der Waals surface area contributed by atoms with E-state index < -0.39 is 11.6 Å². The third-order valence-electron chi connectivity index (χ3n) is 2.54. The van der Waals surface area contributed by atoms with Gasteiger partial charge in [0.15, 0.2) is 0 Å². The first kappa shape index (κ1) is 12.1. The van der Waals surface area contributed by atoms with Crippen LogP contribution in [0.1, 0.15) is 37.8 Å². The maximum absolute atomic E-state index is 13.4. The summed E-state index contributed by atoms with van der Waals surface area (Å²) in [5, 5.41) is 2.95. The van der Waals surface area contributed by atoms with E-state index in [2.05, 4.69) is 12.2 Å². The summed E-state index contributed by atoms with van der Waals surface area (Å²) in [6, 6.07) is 3.76. The van der Waals surface area contributed by atoms with Crippen LogP contribution in [0.3, 0.4) is 0 Å². The molecule has 84 valence electrons. The highest BCUT2D eigenvalue weighted by Gasteiger charge is 2.17. The molecule has 1 nitrogen and oxygen atoms in total. The third kappa shape index (κ3) is 2.99. The second-order valence-electron chi connectivity index (χ2n) is 3.62. The fourth-order valence-electron chi connectivity index (χ4n) is 1.68. The van der Waals surface area contributed by atoms with Crippen LogP contribution in [-0.2, 0) is 0 Å². The number of benzene rings is 1. The summed E-state index contributed by atoms with van der Waals surface area (Å²) in [7, 11) is 1.73. The largest absolute Gasteiger partial charge is 0.313 e. The first-order chi connectivity index (χ1) is 7.20. The summed E-state index contributed by atoms with van der Waals surface area (Å²) >= 11 is 0. The molecule has 3 heteroatoms. The molecule has 0 aromatic heterocycles. The van der Waals surface area contributed by atoms with Crippen LogP contribution in [0.2, 0.25) is 0 Å². The van der Waals surface area contributed by atoms with E-state index in [-0.39, 0.29) is 11.6 Å². The van der Waals surface area contributed by atoms with Crippen molar-refractivity contribution < 1.29 is 8.78 Å². The highest BCUT2D eigenvalue weighted by molar-refractivity contribution is 5.23. The van der Waals surface area contributed by atoms with Crippen LogP contribution in [0, 0.1) is 11.6 Å². The molecule has 1 aromatic rings. The summed E-state index contributed by atoms with van der Waals surface area (Å²) in [6.45, 7) is 2.06. The Morgan fingerprint density at radius 1 is 1.27 bits per heavy atom. The molecule has 0 spiro atoms. The van der Waals surface area contributed by atoms with E-state index in [9.17, 15) is 8.78 Å². The average Bonchev–Trinajstić information content (AvgIpc) is 2.22. The highest BCUT2D eigenvalue weighted by atomic mass is 19.1. The minimum Gasteiger partial charge on any atom is -0.313 e. The lowest BCUT2D eigenvalue weighted by Gasteiger charge is -2.17. The van der Waals surface area contributed by atoms with Gasteiger partial charge in [0.2, 0.25) is 0 Å². The number of nitrogens with one attached hydrogen (secondary N) is 1. The van der Waals surface area contributed by atoms with Crippen LogP contribution in [0.5, 0.6) is 0 Å². The van der Waals surface area contributed by atoms with E-state index in [1.807, 2.05) is 0 Å². The number of hydrogen-bond acceptors (Lipinski definition) is 1. The van der Waals surface area contributed by atoms with Gasteiger partial charge in [0.1, 0.15) is 11.6 Å². The molecule has 0 radical (unpaired) electrons. The molecular weight excluding hydrogens is 196 g/mol. The van der Waals surface area contributed by atoms with Crippen molar-refractivity contribution in [2.75, 3.05) is 7.05 Å². The standard InChI is InChI=1S/C12H17F2N/c1-3-4-8-11(15-2)12-9(13)6-5-7-10(12)14/h5-7,11,15H,3-4,8H2,1-2H3. The van der Waals surface area contributed by atoms with Gasteiger partial charge in [0, 0.05) is 11.6 Å². The lowest BCUT2D eigenvalue weighted by atomic mass is 10.0. The predicted molar refractivity (Wildman–Crippen MR) is 57.7 cm³/mol. The van der Waals surface area contributed by atoms with E-state index in [0.29, 0.717) is 0 Å². The zero-order chi connectivity index (χ0) is 11.3. The van der Waals surface area contributed by atoms with E-state index >= 15 is 0 Å².